The van der Waals surface area contributed by atoms with E-state index in [0.29, 0.717) is 0 Å². The molecule has 1 N–H and O–H groups in total. The van der Waals surface area contributed by atoms with Gasteiger partial charge in [-0.05, 0) is 31.0 Å². The van der Waals surface area contributed by atoms with E-state index in [4.69, 9.17) is 4.74 Å². The molecule has 0 amide bonds. The molecule has 3 nitrogen and oxygen atoms in total. The molecule has 0 radical (unpaired) electrons. The summed E-state index contributed by atoms with van der Waals surface area (Å²) in [6, 6.07) is 16.3. The third-order valence-electron chi connectivity index (χ3n) is 3.67. The summed E-state index contributed by atoms with van der Waals surface area (Å²) >= 11 is 0. The molecule has 0 aliphatic rings. The minimum atomic E-state index is -0.560. The molecule has 2 aromatic carbocycles. The summed E-state index contributed by atoms with van der Waals surface area (Å²) in [6.07, 6.45) is 0.406. The first kappa shape index (κ1) is 15.4. The van der Waals surface area contributed by atoms with Crippen LogP contribution in [0, 0.1) is 0 Å². The molecular weight excluding hydrogens is 262 g/mol. The van der Waals surface area contributed by atoms with E-state index in [1.165, 1.54) is 5.56 Å². The number of rotatable bonds is 6. The van der Waals surface area contributed by atoms with Gasteiger partial charge in [-0.2, -0.15) is 0 Å². The number of hydrogen-bond donors (Lipinski definition) is 1. The molecule has 0 saturated carbocycles. The third-order valence-corrected chi connectivity index (χ3v) is 3.67. The van der Waals surface area contributed by atoms with Crippen molar-refractivity contribution in [3.63, 3.8) is 0 Å². The minimum absolute atomic E-state index is 0.560. The molecule has 0 spiro atoms. The smallest absolute Gasteiger partial charge is 0.126 e. The predicted octanol–water partition coefficient (Wildman–Crippen LogP) is 3.43. The van der Waals surface area contributed by atoms with Crippen molar-refractivity contribution >= 4 is 5.69 Å². The fourth-order valence-electron chi connectivity index (χ4n) is 2.53. The topological polar surface area (TPSA) is 32.7 Å². The maximum atomic E-state index is 10.0. The lowest BCUT2D eigenvalue weighted by Gasteiger charge is -2.25. The van der Waals surface area contributed by atoms with Gasteiger partial charge < -0.3 is 14.7 Å². The number of aliphatic hydroxyl groups excluding tert-OH is 1. The van der Waals surface area contributed by atoms with E-state index in [1.54, 1.807) is 14.0 Å². The van der Waals surface area contributed by atoms with Gasteiger partial charge in [0.15, 0.2) is 0 Å². The van der Waals surface area contributed by atoms with Crippen LogP contribution >= 0.6 is 0 Å². The average molecular weight is 285 g/mol. The molecule has 1 atom stereocenters. The van der Waals surface area contributed by atoms with Crippen molar-refractivity contribution in [1.29, 1.82) is 0 Å². The van der Waals surface area contributed by atoms with Crippen LogP contribution in [0.4, 0.5) is 5.69 Å². The van der Waals surface area contributed by atoms with Gasteiger partial charge >= 0.3 is 0 Å². The van der Waals surface area contributed by atoms with E-state index in [1.807, 2.05) is 31.3 Å². The number of anilines is 1. The number of methoxy groups -OCH3 is 1. The van der Waals surface area contributed by atoms with Crippen LogP contribution in [0.15, 0.2) is 48.5 Å². The van der Waals surface area contributed by atoms with Crippen LogP contribution in [0.1, 0.15) is 24.2 Å². The van der Waals surface area contributed by atoms with Crippen molar-refractivity contribution in [3.8, 4) is 5.75 Å². The molecule has 3 heteroatoms. The highest BCUT2D eigenvalue weighted by Crippen LogP contribution is 2.34. The van der Waals surface area contributed by atoms with Crippen molar-refractivity contribution in [1.82, 2.24) is 0 Å². The van der Waals surface area contributed by atoms with Gasteiger partial charge in [0.05, 0.1) is 13.2 Å². The Bertz CT molecular complexity index is 567. The maximum Gasteiger partial charge on any atom is 0.126 e. The van der Waals surface area contributed by atoms with Crippen LogP contribution in [-0.2, 0) is 6.42 Å². The summed E-state index contributed by atoms with van der Waals surface area (Å²) in [5.74, 6) is 0.731. The molecule has 0 bridgehead atoms. The van der Waals surface area contributed by atoms with E-state index < -0.39 is 6.10 Å². The van der Waals surface area contributed by atoms with E-state index in [0.717, 1.165) is 30.0 Å². The Labute approximate surface area is 126 Å². The van der Waals surface area contributed by atoms with E-state index in [-0.39, 0.29) is 0 Å². The minimum Gasteiger partial charge on any atom is -0.496 e. The molecular formula is C18H23NO2. The normalized spacial score (nSPS) is 12.0. The van der Waals surface area contributed by atoms with Crippen LogP contribution in [0.25, 0.3) is 0 Å². The Morgan fingerprint density at radius 3 is 2.43 bits per heavy atom. The largest absolute Gasteiger partial charge is 0.496 e. The zero-order valence-corrected chi connectivity index (χ0v) is 12.9. The number of nitrogens with zero attached hydrogens (tertiary/aromatic N) is 1. The van der Waals surface area contributed by atoms with Crippen molar-refractivity contribution < 1.29 is 9.84 Å². The van der Waals surface area contributed by atoms with Gasteiger partial charge in [-0.3, -0.25) is 0 Å². The summed E-state index contributed by atoms with van der Waals surface area (Å²) in [7, 11) is 3.68. The molecule has 0 aromatic heterocycles. The predicted molar refractivity (Wildman–Crippen MR) is 87.0 cm³/mol. The quantitative estimate of drug-likeness (QED) is 0.882. The molecule has 0 aliphatic carbocycles. The highest BCUT2D eigenvalue weighted by Gasteiger charge is 2.16. The van der Waals surface area contributed by atoms with Crippen molar-refractivity contribution in [2.45, 2.75) is 19.4 Å². The molecule has 2 aromatic rings. The Balaban J connectivity index is 2.17. The standard InChI is InChI=1S/C18H23NO2/c1-14(20)18-16(10-7-11-17(18)21-3)19(2)13-12-15-8-5-4-6-9-15/h4-11,14,20H,12-13H2,1-3H3/t14-/m0/s1. The lowest BCUT2D eigenvalue weighted by molar-refractivity contribution is 0.194. The highest BCUT2D eigenvalue weighted by molar-refractivity contribution is 5.60. The fraction of sp³-hybridized carbons (Fsp3) is 0.333. The van der Waals surface area contributed by atoms with Crippen LogP contribution < -0.4 is 9.64 Å². The van der Waals surface area contributed by atoms with E-state index in [9.17, 15) is 5.11 Å². The van der Waals surface area contributed by atoms with Crippen molar-refractivity contribution in [2.24, 2.45) is 0 Å². The molecule has 2 rings (SSSR count). The molecule has 0 saturated heterocycles. The highest BCUT2D eigenvalue weighted by atomic mass is 16.5. The second-order valence-electron chi connectivity index (χ2n) is 5.23. The Hall–Kier alpha value is -2.00. The van der Waals surface area contributed by atoms with Gasteiger partial charge in [-0.25, -0.2) is 0 Å². The summed E-state index contributed by atoms with van der Waals surface area (Å²) in [5, 5.41) is 10.0. The van der Waals surface area contributed by atoms with E-state index >= 15 is 0 Å². The van der Waals surface area contributed by atoms with Gasteiger partial charge in [-0.1, -0.05) is 36.4 Å². The maximum absolute atomic E-state index is 10.0. The van der Waals surface area contributed by atoms with Gasteiger partial charge in [-0.15, -0.1) is 0 Å². The summed E-state index contributed by atoms with van der Waals surface area (Å²) in [6.45, 7) is 2.66. The summed E-state index contributed by atoms with van der Waals surface area (Å²) in [4.78, 5) is 2.16. The van der Waals surface area contributed by atoms with Crippen molar-refractivity contribution in [3.05, 3.63) is 59.7 Å². The van der Waals surface area contributed by atoms with Crippen LogP contribution in [0.3, 0.4) is 0 Å². The lowest BCUT2D eigenvalue weighted by atomic mass is 10.1. The first-order valence-corrected chi connectivity index (χ1v) is 7.23. The Kier molecular flexibility index (Phi) is 5.23. The lowest BCUT2D eigenvalue weighted by Crippen LogP contribution is -2.22. The zero-order valence-electron chi connectivity index (χ0n) is 12.9. The number of hydrogen-bond acceptors (Lipinski definition) is 3. The van der Waals surface area contributed by atoms with Gasteiger partial charge in [0.2, 0.25) is 0 Å². The fourth-order valence-corrected chi connectivity index (χ4v) is 2.53. The first-order chi connectivity index (χ1) is 10.1. The monoisotopic (exact) mass is 285 g/mol. The molecule has 0 fully saturated rings. The Morgan fingerprint density at radius 2 is 1.81 bits per heavy atom. The number of ether oxygens (including phenoxy) is 1. The molecule has 0 unspecified atom stereocenters. The number of benzene rings is 2. The second-order valence-corrected chi connectivity index (χ2v) is 5.23. The molecule has 0 aliphatic heterocycles. The second kappa shape index (κ2) is 7.14. The molecule has 21 heavy (non-hydrogen) atoms. The molecule has 0 heterocycles. The molecule has 112 valence electrons. The number of likely N-dealkylation sites (N-methyl/N-ethyl adjacent to an activating group) is 1. The van der Waals surface area contributed by atoms with E-state index in [2.05, 4.69) is 29.2 Å². The first-order valence-electron chi connectivity index (χ1n) is 7.23. The average Bonchev–Trinajstić information content (AvgIpc) is 2.52. The van der Waals surface area contributed by atoms with Crippen molar-refractivity contribution in [2.75, 3.05) is 25.6 Å². The summed E-state index contributed by atoms with van der Waals surface area (Å²) < 4.78 is 5.37. The summed E-state index contributed by atoms with van der Waals surface area (Å²) in [5.41, 5.74) is 3.17. The number of aliphatic hydroxyl groups is 1. The van der Waals surface area contributed by atoms with Crippen LogP contribution in [-0.4, -0.2) is 25.8 Å². The van der Waals surface area contributed by atoms with Gasteiger partial charge in [0, 0.05) is 24.8 Å². The zero-order chi connectivity index (χ0) is 15.2. The third kappa shape index (κ3) is 3.76. The van der Waals surface area contributed by atoms with Gasteiger partial charge in [0.25, 0.3) is 0 Å². The SMILES string of the molecule is COc1cccc(N(C)CCc2ccccc2)c1[C@H](C)O. The van der Waals surface area contributed by atoms with Gasteiger partial charge in [0.1, 0.15) is 5.75 Å². The van der Waals surface area contributed by atoms with Crippen LogP contribution in [0.5, 0.6) is 5.75 Å². The van der Waals surface area contributed by atoms with Crippen LogP contribution in [0.2, 0.25) is 0 Å². The Morgan fingerprint density at radius 1 is 1.10 bits per heavy atom.